The van der Waals surface area contributed by atoms with E-state index in [4.69, 9.17) is 11.6 Å². The quantitative estimate of drug-likeness (QED) is 0.906. The molecule has 1 aliphatic rings. The molecule has 0 radical (unpaired) electrons. The molecule has 0 aromatic heterocycles. The van der Waals surface area contributed by atoms with Crippen LogP contribution in [0, 0.1) is 17.7 Å². The van der Waals surface area contributed by atoms with Crippen molar-refractivity contribution in [1.29, 1.82) is 0 Å². The summed E-state index contributed by atoms with van der Waals surface area (Å²) in [6.07, 6.45) is 0. The first kappa shape index (κ1) is 16.7. The Labute approximate surface area is 132 Å². The van der Waals surface area contributed by atoms with Crippen molar-refractivity contribution < 1.29 is 4.39 Å². The average Bonchev–Trinajstić information content (AvgIpc) is 2.41. The molecular formula is C17H26ClFN2. The zero-order valence-electron chi connectivity index (χ0n) is 13.4. The van der Waals surface area contributed by atoms with E-state index in [0.717, 1.165) is 25.2 Å². The number of nitrogens with one attached hydrogen (secondary N) is 1. The maximum absolute atomic E-state index is 13.2. The fraction of sp³-hybridized carbons (Fsp3) is 0.647. The Kier molecular flexibility index (Phi) is 5.64. The van der Waals surface area contributed by atoms with Crippen LogP contribution in [0.15, 0.2) is 18.2 Å². The molecule has 4 heteroatoms. The molecule has 1 heterocycles. The lowest BCUT2D eigenvalue weighted by molar-refractivity contribution is 0.0784. The Morgan fingerprint density at radius 3 is 2.57 bits per heavy atom. The zero-order valence-corrected chi connectivity index (χ0v) is 14.1. The van der Waals surface area contributed by atoms with Crippen molar-refractivity contribution >= 4 is 11.6 Å². The van der Waals surface area contributed by atoms with Crippen LogP contribution >= 0.6 is 11.6 Å². The van der Waals surface area contributed by atoms with Gasteiger partial charge in [0, 0.05) is 36.7 Å². The second-order valence-corrected chi connectivity index (χ2v) is 7.14. The number of nitrogens with zero attached hydrogens (tertiary/aromatic N) is 1. The monoisotopic (exact) mass is 312 g/mol. The lowest BCUT2D eigenvalue weighted by atomic mass is 9.94. The largest absolute Gasteiger partial charge is 0.311 e. The van der Waals surface area contributed by atoms with Crippen molar-refractivity contribution in [3.05, 3.63) is 34.6 Å². The van der Waals surface area contributed by atoms with Crippen molar-refractivity contribution in [3.8, 4) is 0 Å². The third-order valence-electron chi connectivity index (χ3n) is 4.45. The Hall–Kier alpha value is -0.640. The highest BCUT2D eigenvalue weighted by molar-refractivity contribution is 6.31. The summed E-state index contributed by atoms with van der Waals surface area (Å²) in [7, 11) is 0. The Morgan fingerprint density at radius 2 is 2.00 bits per heavy atom. The van der Waals surface area contributed by atoms with E-state index in [1.165, 1.54) is 12.1 Å². The molecule has 2 unspecified atom stereocenters. The summed E-state index contributed by atoms with van der Waals surface area (Å²) in [6.45, 7) is 11.8. The molecule has 1 aliphatic heterocycles. The van der Waals surface area contributed by atoms with Crippen molar-refractivity contribution in [3.63, 3.8) is 0 Å². The van der Waals surface area contributed by atoms with E-state index in [1.807, 2.05) is 6.07 Å². The summed E-state index contributed by atoms with van der Waals surface area (Å²) in [5.74, 6) is 0.902. The van der Waals surface area contributed by atoms with E-state index in [9.17, 15) is 4.39 Å². The first-order valence-electron chi connectivity index (χ1n) is 7.79. The van der Waals surface area contributed by atoms with Crippen LogP contribution in [0.5, 0.6) is 0 Å². The van der Waals surface area contributed by atoms with Gasteiger partial charge in [0.05, 0.1) is 0 Å². The van der Waals surface area contributed by atoms with Gasteiger partial charge >= 0.3 is 0 Å². The number of hydrogen-bond donors (Lipinski definition) is 1. The molecule has 0 spiro atoms. The summed E-state index contributed by atoms with van der Waals surface area (Å²) >= 11 is 6.19. The molecule has 21 heavy (non-hydrogen) atoms. The second-order valence-electron chi connectivity index (χ2n) is 6.74. The molecule has 0 aliphatic carbocycles. The molecule has 0 amide bonds. The van der Waals surface area contributed by atoms with Gasteiger partial charge in [-0.2, -0.15) is 0 Å². The standard InChI is InChI=1S/C17H26ClFN2/c1-11(2)16-10-21(17(8-20-16)12(3)4)9-13-5-6-14(19)7-15(13)18/h5-7,11-12,16-17,20H,8-10H2,1-4H3. The number of hydrogen-bond acceptors (Lipinski definition) is 2. The zero-order chi connectivity index (χ0) is 15.6. The van der Waals surface area contributed by atoms with Gasteiger partial charge in [-0.3, -0.25) is 4.90 Å². The fourth-order valence-electron chi connectivity index (χ4n) is 3.01. The van der Waals surface area contributed by atoms with Crippen LogP contribution in [0.2, 0.25) is 5.02 Å². The number of benzene rings is 1. The molecule has 2 atom stereocenters. The van der Waals surface area contributed by atoms with E-state index in [2.05, 4.69) is 37.9 Å². The molecule has 0 saturated carbocycles. The van der Waals surface area contributed by atoms with Crippen LogP contribution in [-0.2, 0) is 6.54 Å². The minimum Gasteiger partial charge on any atom is -0.311 e. The van der Waals surface area contributed by atoms with E-state index in [0.29, 0.717) is 28.9 Å². The van der Waals surface area contributed by atoms with E-state index >= 15 is 0 Å². The summed E-state index contributed by atoms with van der Waals surface area (Å²) in [4.78, 5) is 2.49. The van der Waals surface area contributed by atoms with Gasteiger partial charge in [0.25, 0.3) is 0 Å². The molecule has 1 fully saturated rings. The topological polar surface area (TPSA) is 15.3 Å². The van der Waals surface area contributed by atoms with Crippen LogP contribution in [0.1, 0.15) is 33.3 Å². The molecular weight excluding hydrogens is 287 g/mol. The smallest absolute Gasteiger partial charge is 0.124 e. The lowest BCUT2D eigenvalue weighted by Gasteiger charge is -2.44. The first-order chi connectivity index (χ1) is 9.88. The number of piperazine rings is 1. The van der Waals surface area contributed by atoms with Crippen molar-refractivity contribution in [2.45, 2.75) is 46.3 Å². The van der Waals surface area contributed by atoms with Gasteiger partial charge in [0.2, 0.25) is 0 Å². The minimum absolute atomic E-state index is 0.274. The molecule has 0 bridgehead atoms. The van der Waals surface area contributed by atoms with Crippen LogP contribution in [-0.4, -0.2) is 30.1 Å². The Bertz CT molecular complexity index is 476. The van der Waals surface area contributed by atoms with Crippen molar-refractivity contribution in [2.24, 2.45) is 11.8 Å². The highest BCUT2D eigenvalue weighted by atomic mass is 35.5. The predicted molar refractivity (Wildman–Crippen MR) is 87.1 cm³/mol. The SMILES string of the molecule is CC(C)C1CN(Cc2ccc(F)cc2Cl)C(C(C)C)CN1. The fourth-order valence-corrected chi connectivity index (χ4v) is 3.24. The van der Waals surface area contributed by atoms with Gasteiger partial charge in [-0.25, -0.2) is 4.39 Å². The first-order valence-corrected chi connectivity index (χ1v) is 8.17. The highest BCUT2D eigenvalue weighted by Crippen LogP contribution is 2.24. The Morgan fingerprint density at radius 1 is 1.29 bits per heavy atom. The van der Waals surface area contributed by atoms with Gasteiger partial charge in [-0.1, -0.05) is 45.4 Å². The van der Waals surface area contributed by atoms with Gasteiger partial charge < -0.3 is 5.32 Å². The van der Waals surface area contributed by atoms with E-state index < -0.39 is 0 Å². The third-order valence-corrected chi connectivity index (χ3v) is 4.80. The lowest BCUT2D eigenvalue weighted by Crippen LogP contribution is -2.59. The van der Waals surface area contributed by atoms with Crippen LogP contribution in [0.3, 0.4) is 0 Å². The summed E-state index contributed by atoms with van der Waals surface area (Å²) in [5, 5.41) is 4.18. The number of halogens is 2. The maximum Gasteiger partial charge on any atom is 0.124 e. The molecule has 2 rings (SSSR count). The van der Waals surface area contributed by atoms with Gasteiger partial charge in [0.1, 0.15) is 5.82 Å². The molecule has 1 saturated heterocycles. The molecule has 1 aromatic rings. The highest BCUT2D eigenvalue weighted by Gasteiger charge is 2.31. The van der Waals surface area contributed by atoms with Crippen LogP contribution in [0.4, 0.5) is 4.39 Å². The summed E-state index contributed by atoms with van der Waals surface area (Å²) < 4.78 is 13.2. The minimum atomic E-state index is -0.274. The number of rotatable bonds is 4. The van der Waals surface area contributed by atoms with Crippen molar-refractivity contribution in [1.82, 2.24) is 10.2 Å². The Balaban J connectivity index is 2.15. The summed E-state index contributed by atoms with van der Waals surface area (Å²) in [6, 6.07) is 5.69. The van der Waals surface area contributed by atoms with Crippen molar-refractivity contribution in [2.75, 3.05) is 13.1 Å². The van der Waals surface area contributed by atoms with Gasteiger partial charge in [-0.15, -0.1) is 0 Å². The second kappa shape index (κ2) is 7.08. The predicted octanol–water partition coefficient (Wildman–Crippen LogP) is 3.93. The molecule has 1 aromatic carbocycles. The molecule has 2 nitrogen and oxygen atoms in total. The van der Waals surface area contributed by atoms with E-state index in [-0.39, 0.29) is 5.82 Å². The van der Waals surface area contributed by atoms with Crippen LogP contribution in [0.25, 0.3) is 0 Å². The van der Waals surface area contributed by atoms with E-state index in [1.54, 1.807) is 0 Å². The maximum atomic E-state index is 13.2. The molecule has 1 N–H and O–H groups in total. The third kappa shape index (κ3) is 4.18. The normalized spacial score (nSPS) is 24.0. The average molecular weight is 313 g/mol. The van der Waals surface area contributed by atoms with Crippen LogP contribution < -0.4 is 5.32 Å². The molecule has 118 valence electrons. The summed E-state index contributed by atoms with van der Waals surface area (Å²) in [5.41, 5.74) is 1.01. The van der Waals surface area contributed by atoms with Gasteiger partial charge in [0.15, 0.2) is 0 Å². The van der Waals surface area contributed by atoms with Gasteiger partial charge in [-0.05, 0) is 29.5 Å².